The molecule has 0 saturated carbocycles. The van der Waals surface area contributed by atoms with E-state index in [9.17, 15) is 4.79 Å². The zero-order chi connectivity index (χ0) is 14.5. The summed E-state index contributed by atoms with van der Waals surface area (Å²) >= 11 is 0. The summed E-state index contributed by atoms with van der Waals surface area (Å²) in [6.07, 6.45) is 4.52. The van der Waals surface area contributed by atoms with Crippen LogP contribution in [0.1, 0.15) is 18.4 Å². The number of nitrogens with zero attached hydrogens (tertiary/aromatic N) is 2. The quantitative estimate of drug-likeness (QED) is 0.875. The second kappa shape index (κ2) is 6.57. The molecule has 0 atom stereocenters. The van der Waals surface area contributed by atoms with Crippen LogP contribution in [0.4, 0.5) is 0 Å². The van der Waals surface area contributed by atoms with Crippen LogP contribution in [0.2, 0.25) is 0 Å². The number of fused-ring (bicyclic) bond motifs is 1. The average Bonchev–Trinajstić information content (AvgIpc) is 2.78. The van der Waals surface area contributed by atoms with Crippen LogP contribution in [0, 0.1) is 0 Å². The summed E-state index contributed by atoms with van der Waals surface area (Å²) in [5.74, 6) is 0.184. The summed E-state index contributed by atoms with van der Waals surface area (Å²) < 4.78 is 2.24. The predicted octanol–water partition coefficient (Wildman–Crippen LogP) is 2.01. The van der Waals surface area contributed by atoms with Crippen LogP contribution in [-0.4, -0.2) is 36.0 Å². The Morgan fingerprint density at radius 1 is 1.30 bits per heavy atom. The first-order chi connectivity index (χ1) is 9.63. The number of amides is 1. The highest BCUT2D eigenvalue weighted by atomic mass is 16.2. The Bertz CT molecular complexity index is 586. The summed E-state index contributed by atoms with van der Waals surface area (Å²) in [6, 6.07) is 8.38. The van der Waals surface area contributed by atoms with Crippen molar-refractivity contribution in [3.05, 3.63) is 36.0 Å². The molecule has 0 radical (unpaired) electrons. The van der Waals surface area contributed by atoms with Gasteiger partial charge in [-0.05, 0) is 31.0 Å². The van der Waals surface area contributed by atoms with Gasteiger partial charge in [-0.1, -0.05) is 18.2 Å². The van der Waals surface area contributed by atoms with Crippen molar-refractivity contribution in [1.29, 1.82) is 0 Å². The molecule has 0 saturated heterocycles. The molecule has 1 amide bonds. The molecule has 1 aromatic heterocycles. The smallest absolute Gasteiger partial charge is 0.222 e. The van der Waals surface area contributed by atoms with E-state index in [0.29, 0.717) is 13.0 Å². The average molecular weight is 273 g/mol. The summed E-state index contributed by atoms with van der Waals surface area (Å²) in [7, 11) is 3.60. The van der Waals surface area contributed by atoms with Gasteiger partial charge >= 0.3 is 0 Å². The second-order valence-electron chi connectivity index (χ2n) is 5.30. The zero-order valence-corrected chi connectivity index (χ0v) is 12.3. The largest absolute Gasteiger partial charge is 0.349 e. The van der Waals surface area contributed by atoms with E-state index in [1.165, 1.54) is 16.5 Å². The Hall–Kier alpha value is -1.81. The number of aryl methyl sites for hydroxylation is 1. The van der Waals surface area contributed by atoms with Crippen molar-refractivity contribution in [1.82, 2.24) is 9.47 Å². The highest BCUT2D eigenvalue weighted by molar-refractivity contribution is 5.84. The van der Waals surface area contributed by atoms with E-state index in [1.807, 2.05) is 0 Å². The van der Waals surface area contributed by atoms with Crippen LogP contribution in [-0.2, 0) is 17.8 Å². The topological polar surface area (TPSA) is 51.3 Å². The number of rotatable bonds is 6. The molecular weight excluding hydrogens is 250 g/mol. The van der Waals surface area contributed by atoms with Gasteiger partial charge in [-0.25, -0.2) is 0 Å². The lowest BCUT2D eigenvalue weighted by molar-refractivity contribution is -0.128. The number of nitrogens with two attached hydrogens (primary N) is 1. The first kappa shape index (κ1) is 14.6. The van der Waals surface area contributed by atoms with E-state index in [2.05, 4.69) is 35.0 Å². The third-order valence-electron chi connectivity index (χ3n) is 3.57. The third kappa shape index (κ3) is 3.20. The lowest BCUT2D eigenvalue weighted by atomic mass is 10.1. The fourth-order valence-corrected chi connectivity index (χ4v) is 2.49. The molecule has 108 valence electrons. The Kier molecular flexibility index (Phi) is 4.79. The molecule has 0 fully saturated rings. The van der Waals surface area contributed by atoms with Crippen molar-refractivity contribution in [3.8, 4) is 0 Å². The van der Waals surface area contributed by atoms with Crippen LogP contribution in [0.15, 0.2) is 30.5 Å². The monoisotopic (exact) mass is 273 g/mol. The predicted molar refractivity (Wildman–Crippen MR) is 82.6 cm³/mol. The Morgan fingerprint density at radius 2 is 2.05 bits per heavy atom. The summed E-state index contributed by atoms with van der Waals surface area (Å²) in [5, 5.41) is 1.27. The van der Waals surface area contributed by atoms with Crippen LogP contribution in [0.25, 0.3) is 10.9 Å². The molecule has 20 heavy (non-hydrogen) atoms. The number of hydrogen-bond acceptors (Lipinski definition) is 2. The molecule has 2 N–H and O–H groups in total. The van der Waals surface area contributed by atoms with Gasteiger partial charge in [-0.3, -0.25) is 4.79 Å². The van der Waals surface area contributed by atoms with Gasteiger partial charge in [0.05, 0.1) is 0 Å². The molecule has 2 rings (SSSR count). The van der Waals surface area contributed by atoms with Gasteiger partial charge in [0.1, 0.15) is 0 Å². The summed E-state index contributed by atoms with van der Waals surface area (Å²) in [4.78, 5) is 13.3. The SMILES string of the molecule is CN(C)C(=O)CCCn1cc(CCN)c2ccccc21. The van der Waals surface area contributed by atoms with Crippen molar-refractivity contribution >= 4 is 16.8 Å². The highest BCUT2D eigenvalue weighted by Crippen LogP contribution is 2.22. The lowest BCUT2D eigenvalue weighted by Crippen LogP contribution is -2.21. The van der Waals surface area contributed by atoms with Crippen LogP contribution in [0.5, 0.6) is 0 Å². The molecule has 4 heteroatoms. The van der Waals surface area contributed by atoms with E-state index in [1.54, 1.807) is 19.0 Å². The lowest BCUT2D eigenvalue weighted by Gasteiger charge is -2.10. The van der Waals surface area contributed by atoms with Gasteiger partial charge in [-0.15, -0.1) is 0 Å². The minimum Gasteiger partial charge on any atom is -0.349 e. The molecule has 2 aromatic rings. The maximum Gasteiger partial charge on any atom is 0.222 e. The van der Waals surface area contributed by atoms with E-state index in [4.69, 9.17) is 5.73 Å². The fourth-order valence-electron chi connectivity index (χ4n) is 2.49. The molecule has 0 aliphatic rings. The number of para-hydroxylation sites is 1. The molecule has 0 unspecified atom stereocenters. The number of benzene rings is 1. The minimum absolute atomic E-state index is 0.184. The molecule has 0 bridgehead atoms. The highest BCUT2D eigenvalue weighted by Gasteiger charge is 2.08. The second-order valence-corrected chi connectivity index (χ2v) is 5.30. The van der Waals surface area contributed by atoms with Crippen molar-refractivity contribution < 1.29 is 4.79 Å². The fraction of sp³-hybridized carbons (Fsp3) is 0.438. The number of hydrogen-bond donors (Lipinski definition) is 1. The van der Waals surface area contributed by atoms with Gasteiger partial charge < -0.3 is 15.2 Å². The van der Waals surface area contributed by atoms with Crippen molar-refractivity contribution in [2.24, 2.45) is 5.73 Å². The Morgan fingerprint density at radius 3 is 2.75 bits per heavy atom. The van der Waals surface area contributed by atoms with Crippen molar-refractivity contribution in [3.63, 3.8) is 0 Å². The molecule has 1 heterocycles. The molecule has 0 spiro atoms. The first-order valence-corrected chi connectivity index (χ1v) is 7.10. The third-order valence-corrected chi connectivity index (χ3v) is 3.57. The molecule has 0 aliphatic carbocycles. The van der Waals surface area contributed by atoms with Crippen molar-refractivity contribution in [2.45, 2.75) is 25.8 Å². The Balaban J connectivity index is 2.12. The normalized spacial score (nSPS) is 10.9. The first-order valence-electron chi connectivity index (χ1n) is 7.10. The van der Waals surface area contributed by atoms with Crippen LogP contribution < -0.4 is 5.73 Å². The van der Waals surface area contributed by atoms with E-state index >= 15 is 0 Å². The number of aromatic nitrogens is 1. The molecular formula is C16H23N3O. The van der Waals surface area contributed by atoms with Gasteiger partial charge in [0.15, 0.2) is 0 Å². The maximum atomic E-state index is 11.6. The summed E-state index contributed by atoms with van der Waals surface area (Å²) in [5.41, 5.74) is 8.20. The minimum atomic E-state index is 0.184. The maximum absolute atomic E-state index is 11.6. The van der Waals surface area contributed by atoms with E-state index in [0.717, 1.165) is 19.4 Å². The van der Waals surface area contributed by atoms with Crippen LogP contribution in [0.3, 0.4) is 0 Å². The molecule has 4 nitrogen and oxygen atoms in total. The van der Waals surface area contributed by atoms with E-state index < -0.39 is 0 Å². The molecule has 1 aromatic carbocycles. The van der Waals surface area contributed by atoms with E-state index in [-0.39, 0.29) is 5.91 Å². The van der Waals surface area contributed by atoms with Crippen molar-refractivity contribution in [2.75, 3.05) is 20.6 Å². The number of carbonyl (C=O) groups is 1. The van der Waals surface area contributed by atoms with Crippen LogP contribution >= 0.6 is 0 Å². The van der Waals surface area contributed by atoms with Gasteiger partial charge in [0.25, 0.3) is 0 Å². The Labute approximate surface area is 120 Å². The van der Waals surface area contributed by atoms with Gasteiger partial charge in [-0.2, -0.15) is 0 Å². The standard InChI is InChI=1S/C16H23N3O/c1-18(2)16(20)8-5-11-19-12-13(9-10-17)14-6-3-4-7-15(14)19/h3-4,6-7,12H,5,8-11,17H2,1-2H3. The van der Waals surface area contributed by atoms with Gasteiger partial charge in [0.2, 0.25) is 5.91 Å². The number of carbonyl (C=O) groups excluding carboxylic acids is 1. The zero-order valence-electron chi connectivity index (χ0n) is 12.3. The summed E-state index contributed by atoms with van der Waals surface area (Å²) in [6.45, 7) is 1.53. The van der Waals surface area contributed by atoms with Gasteiger partial charge in [0, 0.05) is 44.2 Å². The molecule has 0 aliphatic heterocycles.